The first-order valence-corrected chi connectivity index (χ1v) is 10.1. The fourth-order valence-corrected chi connectivity index (χ4v) is 5.15. The third-order valence-corrected chi connectivity index (χ3v) is 6.83. The summed E-state index contributed by atoms with van der Waals surface area (Å²) in [6, 6.07) is 14.2. The molecule has 1 aromatic heterocycles. The van der Waals surface area contributed by atoms with Crippen LogP contribution in [0.5, 0.6) is 5.75 Å². The molecule has 1 aliphatic rings. The zero-order valence-corrected chi connectivity index (χ0v) is 15.7. The summed E-state index contributed by atoms with van der Waals surface area (Å²) in [4.78, 5) is 2.57. The molecular formula is C20H22N2O3S. The number of benzene rings is 2. The first-order valence-electron chi connectivity index (χ1n) is 8.69. The lowest BCUT2D eigenvalue weighted by molar-refractivity contribution is 0.411. The maximum absolute atomic E-state index is 13.2. The standard InChI is InChI=1S/C20H22N2O3S/c1-21-11-10-15(13-21)19-14-22(20-9-8-16(25-2)12-18(19)20)26(23,24)17-6-4-3-5-7-17/h3-9,12,14-15H,10-11,13H2,1-2H3. The van der Waals surface area contributed by atoms with Gasteiger partial charge in [-0.3, -0.25) is 0 Å². The molecule has 1 saturated heterocycles. The van der Waals surface area contributed by atoms with Gasteiger partial charge in [-0.2, -0.15) is 0 Å². The third-order valence-electron chi connectivity index (χ3n) is 5.14. The number of likely N-dealkylation sites (tertiary alicyclic amines) is 1. The molecule has 0 bridgehead atoms. The maximum atomic E-state index is 13.2. The van der Waals surface area contributed by atoms with Crippen molar-refractivity contribution < 1.29 is 13.2 Å². The molecule has 0 amide bonds. The number of rotatable bonds is 4. The van der Waals surface area contributed by atoms with Crippen LogP contribution in [0.3, 0.4) is 0 Å². The van der Waals surface area contributed by atoms with Gasteiger partial charge in [0.05, 0.1) is 17.5 Å². The Morgan fingerprint density at radius 3 is 2.54 bits per heavy atom. The number of hydrogen-bond acceptors (Lipinski definition) is 4. The van der Waals surface area contributed by atoms with E-state index in [0.717, 1.165) is 36.2 Å². The van der Waals surface area contributed by atoms with Gasteiger partial charge in [-0.25, -0.2) is 12.4 Å². The van der Waals surface area contributed by atoms with Crippen LogP contribution in [0.2, 0.25) is 0 Å². The van der Waals surface area contributed by atoms with Crippen LogP contribution in [0.1, 0.15) is 17.9 Å². The van der Waals surface area contributed by atoms with E-state index in [2.05, 4.69) is 11.9 Å². The molecular weight excluding hydrogens is 348 g/mol. The van der Waals surface area contributed by atoms with E-state index in [4.69, 9.17) is 4.74 Å². The molecule has 1 unspecified atom stereocenters. The van der Waals surface area contributed by atoms with Crippen LogP contribution in [0.4, 0.5) is 0 Å². The Hall–Kier alpha value is -2.31. The summed E-state index contributed by atoms with van der Waals surface area (Å²) in [5.41, 5.74) is 1.77. The molecule has 0 N–H and O–H groups in total. The molecule has 1 fully saturated rings. The van der Waals surface area contributed by atoms with Crippen LogP contribution in [-0.2, 0) is 10.0 Å². The van der Waals surface area contributed by atoms with Crippen molar-refractivity contribution in [3.63, 3.8) is 0 Å². The van der Waals surface area contributed by atoms with Crippen LogP contribution in [0.15, 0.2) is 59.6 Å². The Morgan fingerprint density at radius 2 is 1.88 bits per heavy atom. The lowest BCUT2D eigenvalue weighted by atomic mass is 9.98. The average molecular weight is 370 g/mol. The fraction of sp³-hybridized carbons (Fsp3) is 0.300. The molecule has 1 atom stereocenters. The highest BCUT2D eigenvalue weighted by Crippen LogP contribution is 2.36. The number of fused-ring (bicyclic) bond motifs is 1. The summed E-state index contributed by atoms with van der Waals surface area (Å²) in [5, 5.41) is 0.948. The quantitative estimate of drug-likeness (QED) is 0.707. The van der Waals surface area contributed by atoms with Crippen molar-refractivity contribution in [1.29, 1.82) is 0 Å². The minimum absolute atomic E-state index is 0.294. The highest BCUT2D eigenvalue weighted by molar-refractivity contribution is 7.90. The molecule has 3 aromatic rings. The van der Waals surface area contributed by atoms with Gasteiger partial charge in [-0.1, -0.05) is 18.2 Å². The van der Waals surface area contributed by atoms with E-state index in [-0.39, 0.29) is 0 Å². The first kappa shape index (κ1) is 17.1. The van der Waals surface area contributed by atoms with Crippen LogP contribution < -0.4 is 4.74 Å². The zero-order valence-electron chi connectivity index (χ0n) is 14.9. The van der Waals surface area contributed by atoms with Gasteiger partial charge in [0.25, 0.3) is 10.0 Å². The minimum Gasteiger partial charge on any atom is -0.497 e. The van der Waals surface area contributed by atoms with E-state index in [1.165, 1.54) is 3.97 Å². The molecule has 4 rings (SSSR count). The summed E-state index contributed by atoms with van der Waals surface area (Å²) in [6.07, 6.45) is 2.83. The normalized spacial score (nSPS) is 18.5. The van der Waals surface area contributed by atoms with E-state index < -0.39 is 10.0 Å². The van der Waals surface area contributed by atoms with E-state index in [0.29, 0.717) is 16.3 Å². The van der Waals surface area contributed by atoms with Crippen molar-refractivity contribution in [3.05, 3.63) is 60.3 Å². The van der Waals surface area contributed by atoms with Gasteiger partial charge in [-0.15, -0.1) is 0 Å². The van der Waals surface area contributed by atoms with Crippen molar-refractivity contribution in [3.8, 4) is 5.75 Å². The second-order valence-corrected chi connectivity index (χ2v) is 8.64. The lowest BCUT2D eigenvalue weighted by Crippen LogP contribution is -2.13. The predicted octanol–water partition coefficient (Wildman–Crippen LogP) is 3.31. The number of ether oxygens (including phenoxy) is 1. The summed E-state index contributed by atoms with van der Waals surface area (Å²) in [5.74, 6) is 1.06. The summed E-state index contributed by atoms with van der Waals surface area (Å²) in [6.45, 7) is 1.95. The van der Waals surface area contributed by atoms with Crippen molar-refractivity contribution in [2.45, 2.75) is 17.2 Å². The van der Waals surface area contributed by atoms with Gasteiger partial charge >= 0.3 is 0 Å². The van der Waals surface area contributed by atoms with Gasteiger partial charge in [0.15, 0.2) is 0 Å². The average Bonchev–Trinajstić information content (AvgIpc) is 3.25. The number of likely N-dealkylation sites (N-methyl/N-ethyl adjacent to an activating group) is 1. The molecule has 6 heteroatoms. The van der Waals surface area contributed by atoms with Crippen molar-refractivity contribution >= 4 is 20.9 Å². The van der Waals surface area contributed by atoms with Crippen LogP contribution in [0.25, 0.3) is 10.9 Å². The van der Waals surface area contributed by atoms with Gasteiger partial charge in [-0.05, 0) is 61.8 Å². The van der Waals surface area contributed by atoms with Gasteiger partial charge in [0.2, 0.25) is 0 Å². The van der Waals surface area contributed by atoms with Crippen molar-refractivity contribution in [1.82, 2.24) is 8.87 Å². The highest BCUT2D eigenvalue weighted by Gasteiger charge is 2.28. The second kappa shape index (κ2) is 6.45. The van der Waals surface area contributed by atoms with E-state index in [1.807, 2.05) is 24.3 Å². The summed E-state index contributed by atoms with van der Waals surface area (Å²) >= 11 is 0. The molecule has 26 heavy (non-hydrogen) atoms. The molecule has 2 heterocycles. The van der Waals surface area contributed by atoms with E-state index in [1.54, 1.807) is 37.6 Å². The molecule has 5 nitrogen and oxygen atoms in total. The third kappa shape index (κ3) is 2.79. The first-order chi connectivity index (χ1) is 12.5. The Balaban J connectivity index is 1.93. The summed E-state index contributed by atoms with van der Waals surface area (Å²) < 4.78 is 33.2. The largest absolute Gasteiger partial charge is 0.497 e. The highest BCUT2D eigenvalue weighted by atomic mass is 32.2. The lowest BCUT2D eigenvalue weighted by Gasteiger charge is -2.09. The topological polar surface area (TPSA) is 51.5 Å². The van der Waals surface area contributed by atoms with Crippen LogP contribution in [-0.4, -0.2) is 44.5 Å². The molecule has 0 spiro atoms. The van der Waals surface area contributed by atoms with Crippen LogP contribution in [0, 0.1) is 0 Å². The van der Waals surface area contributed by atoms with Gasteiger partial charge in [0.1, 0.15) is 5.75 Å². The van der Waals surface area contributed by atoms with E-state index in [9.17, 15) is 8.42 Å². The molecule has 0 saturated carbocycles. The van der Waals surface area contributed by atoms with Gasteiger partial charge in [0, 0.05) is 18.1 Å². The van der Waals surface area contributed by atoms with Gasteiger partial charge < -0.3 is 9.64 Å². The molecule has 0 radical (unpaired) electrons. The van der Waals surface area contributed by atoms with Crippen molar-refractivity contribution in [2.24, 2.45) is 0 Å². The zero-order chi connectivity index (χ0) is 18.3. The van der Waals surface area contributed by atoms with E-state index >= 15 is 0 Å². The second-order valence-electron chi connectivity index (χ2n) is 6.83. The smallest absolute Gasteiger partial charge is 0.268 e. The van der Waals surface area contributed by atoms with Crippen molar-refractivity contribution in [2.75, 3.05) is 27.2 Å². The SMILES string of the molecule is COc1ccc2c(c1)c(C1CCN(C)C1)cn2S(=O)(=O)c1ccccc1. The number of methoxy groups -OCH3 is 1. The monoisotopic (exact) mass is 370 g/mol. The molecule has 136 valence electrons. The minimum atomic E-state index is -3.65. The Kier molecular flexibility index (Phi) is 4.25. The molecule has 2 aromatic carbocycles. The number of nitrogens with zero attached hydrogens (tertiary/aromatic N) is 2. The fourth-order valence-electron chi connectivity index (χ4n) is 3.75. The molecule has 1 aliphatic heterocycles. The Labute approximate surface area is 153 Å². The Bertz CT molecular complexity index is 1040. The number of aromatic nitrogens is 1. The van der Waals surface area contributed by atoms with Crippen LogP contribution >= 0.6 is 0 Å². The predicted molar refractivity (Wildman–Crippen MR) is 102 cm³/mol. The Morgan fingerprint density at radius 1 is 1.12 bits per heavy atom. The maximum Gasteiger partial charge on any atom is 0.268 e. The summed E-state index contributed by atoms with van der Waals surface area (Å²) in [7, 11) is 0.0794. The molecule has 0 aliphatic carbocycles. The number of hydrogen-bond donors (Lipinski definition) is 0.